The SMILES string of the molecule is CC(=O)Nc1ccc(C(=O)O)cc1.O=C(O)c1cc(O)ccc1O. The Hall–Kier alpha value is -3.55. The first-order chi connectivity index (χ1) is 11.2. The van der Waals surface area contributed by atoms with Crippen LogP contribution in [0.5, 0.6) is 11.5 Å². The minimum Gasteiger partial charge on any atom is -0.508 e. The molecule has 0 aliphatic heterocycles. The number of carbonyl (C=O) groups is 3. The van der Waals surface area contributed by atoms with Gasteiger partial charge in [-0.3, -0.25) is 4.79 Å². The Bertz CT molecular complexity index is 754. The maximum atomic E-state index is 10.6. The highest BCUT2D eigenvalue weighted by Crippen LogP contribution is 2.21. The van der Waals surface area contributed by atoms with Crippen molar-refractivity contribution >= 4 is 23.5 Å². The molecule has 2 rings (SSSR count). The summed E-state index contributed by atoms with van der Waals surface area (Å²) in [6.07, 6.45) is 0. The number of carboxylic acid groups (broad SMARTS) is 2. The number of benzene rings is 2. The molecule has 8 nitrogen and oxygen atoms in total. The summed E-state index contributed by atoms with van der Waals surface area (Å²) in [5.41, 5.74) is 0.497. The van der Waals surface area contributed by atoms with E-state index in [1.54, 1.807) is 12.1 Å². The second kappa shape index (κ2) is 8.18. The zero-order chi connectivity index (χ0) is 18.3. The largest absolute Gasteiger partial charge is 0.508 e. The summed E-state index contributed by atoms with van der Waals surface area (Å²) in [7, 11) is 0. The van der Waals surface area contributed by atoms with Crippen LogP contribution in [0.15, 0.2) is 42.5 Å². The zero-order valence-electron chi connectivity index (χ0n) is 12.6. The summed E-state index contributed by atoms with van der Waals surface area (Å²) in [5, 5.41) is 37.3. The van der Waals surface area contributed by atoms with Gasteiger partial charge in [-0.25, -0.2) is 9.59 Å². The Morgan fingerprint density at radius 2 is 1.46 bits per heavy atom. The molecule has 0 radical (unpaired) electrons. The third-order valence-corrected chi connectivity index (χ3v) is 2.66. The summed E-state index contributed by atoms with van der Waals surface area (Å²) in [6, 6.07) is 9.29. The molecule has 0 heterocycles. The van der Waals surface area contributed by atoms with E-state index in [-0.39, 0.29) is 28.5 Å². The first-order valence-electron chi connectivity index (χ1n) is 6.57. The van der Waals surface area contributed by atoms with Gasteiger partial charge in [0, 0.05) is 12.6 Å². The number of nitrogens with one attached hydrogen (secondary N) is 1. The molecule has 0 fully saturated rings. The van der Waals surface area contributed by atoms with Crippen molar-refractivity contribution in [3.8, 4) is 11.5 Å². The maximum absolute atomic E-state index is 10.6. The molecule has 2 aromatic carbocycles. The van der Waals surface area contributed by atoms with E-state index in [2.05, 4.69) is 5.32 Å². The summed E-state index contributed by atoms with van der Waals surface area (Å²) >= 11 is 0. The van der Waals surface area contributed by atoms with Crippen molar-refractivity contribution in [2.24, 2.45) is 0 Å². The monoisotopic (exact) mass is 333 g/mol. The first-order valence-corrected chi connectivity index (χ1v) is 6.57. The van der Waals surface area contributed by atoms with Crippen LogP contribution >= 0.6 is 0 Å². The molecule has 126 valence electrons. The summed E-state index contributed by atoms with van der Waals surface area (Å²) < 4.78 is 0. The van der Waals surface area contributed by atoms with Crippen molar-refractivity contribution in [3.05, 3.63) is 53.6 Å². The quantitative estimate of drug-likeness (QED) is 0.541. The zero-order valence-corrected chi connectivity index (χ0v) is 12.6. The fourth-order valence-electron chi connectivity index (χ4n) is 1.59. The van der Waals surface area contributed by atoms with Gasteiger partial charge in [-0.1, -0.05) is 0 Å². The standard InChI is InChI=1S/C9H9NO3.C7H6O4/c1-6(11)10-8-4-2-7(3-5-8)9(12)13;8-4-1-2-6(9)5(3-4)7(10)11/h2-5H,1H3,(H,10,11)(H,12,13);1-3,8-9H,(H,10,11). The average Bonchev–Trinajstić information content (AvgIpc) is 2.50. The van der Waals surface area contributed by atoms with Gasteiger partial charge in [0.25, 0.3) is 0 Å². The molecule has 24 heavy (non-hydrogen) atoms. The van der Waals surface area contributed by atoms with Crippen LogP contribution in [0.2, 0.25) is 0 Å². The molecule has 0 aromatic heterocycles. The molecule has 5 N–H and O–H groups in total. The molecule has 8 heteroatoms. The Kier molecular flexibility index (Phi) is 6.30. The molecular formula is C16H15NO7. The number of hydrogen-bond acceptors (Lipinski definition) is 5. The highest BCUT2D eigenvalue weighted by Gasteiger charge is 2.08. The third-order valence-electron chi connectivity index (χ3n) is 2.66. The molecule has 0 saturated heterocycles. The van der Waals surface area contributed by atoms with Crippen molar-refractivity contribution in [1.29, 1.82) is 0 Å². The lowest BCUT2D eigenvalue weighted by Gasteiger charge is -2.01. The Balaban J connectivity index is 0.000000243. The van der Waals surface area contributed by atoms with Crippen LogP contribution in [0.4, 0.5) is 5.69 Å². The summed E-state index contributed by atoms with van der Waals surface area (Å²) in [4.78, 5) is 31.4. The van der Waals surface area contributed by atoms with Crippen molar-refractivity contribution < 1.29 is 34.8 Å². The number of phenols is 2. The van der Waals surface area contributed by atoms with Gasteiger partial charge in [-0.2, -0.15) is 0 Å². The van der Waals surface area contributed by atoms with Gasteiger partial charge in [0.1, 0.15) is 17.1 Å². The molecule has 0 saturated carbocycles. The van der Waals surface area contributed by atoms with Gasteiger partial charge in [-0.15, -0.1) is 0 Å². The van der Waals surface area contributed by atoms with Crippen molar-refractivity contribution in [2.45, 2.75) is 6.92 Å². The molecule has 0 spiro atoms. The lowest BCUT2D eigenvalue weighted by atomic mass is 10.2. The first kappa shape index (κ1) is 18.5. The lowest BCUT2D eigenvalue weighted by molar-refractivity contribution is -0.114. The molecule has 1 amide bonds. The molecule has 0 unspecified atom stereocenters. The molecule has 0 bridgehead atoms. The number of phenolic OH excluding ortho intramolecular Hbond substituents is 1. The summed E-state index contributed by atoms with van der Waals surface area (Å²) in [5.74, 6) is -2.95. The van der Waals surface area contributed by atoms with Crippen LogP contribution in [-0.2, 0) is 4.79 Å². The van der Waals surface area contributed by atoms with E-state index < -0.39 is 11.9 Å². The van der Waals surface area contributed by atoms with Crippen molar-refractivity contribution in [2.75, 3.05) is 5.32 Å². The molecule has 0 aliphatic rings. The van der Waals surface area contributed by atoms with Gasteiger partial charge in [0.2, 0.25) is 5.91 Å². The van der Waals surface area contributed by atoms with Crippen LogP contribution in [0.3, 0.4) is 0 Å². The van der Waals surface area contributed by atoms with E-state index in [4.69, 9.17) is 20.4 Å². The number of aromatic hydroxyl groups is 2. The maximum Gasteiger partial charge on any atom is 0.339 e. The average molecular weight is 333 g/mol. The number of aromatic carboxylic acids is 2. The van der Waals surface area contributed by atoms with Gasteiger partial charge in [0.05, 0.1) is 5.56 Å². The minimum absolute atomic E-state index is 0.178. The number of carbonyl (C=O) groups excluding carboxylic acids is 1. The normalized spacial score (nSPS) is 9.38. The molecular weight excluding hydrogens is 318 g/mol. The van der Waals surface area contributed by atoms with Gasteiger partial charge in [0.15, 0.2) is 0 Å². The Morgan fingerprint density at radius 3 is 1.88 bits per heavy atom. The topological polar surface area (TPSA) is 144 Å². The highest BCUT2D eigenvalue weighted by atomic mass is 16.4. The molecule has 0 aliphatic carbocycles. The predicted molar refractivity (Wildman–Crippen MR) is 84.4 cm³/mol. The fourth-order valence-corrected chi connectivity index (χ4v) is 1.59. The number of rotatable bonds is 3. The van der Waals surface area contributed by atoms with E-state index in [0.717, 1.165) is 12.1 Å². The Labute approximate surface area is 136 Å². The number of carboxylic acids is 2. The minimum atomic E-state index is -1.27. The smallest absolute Gasteiger partial charge is 0.339 e. The third kappa shape index (κ3) is 5.68. The van der Waals surface area contributed by atoms with E-state index in [1.807, 2.05) is 0 Å². The molecule has 2 aromatic rings. The second-order valence-electron chi connectivity index (χ2n) is 4.57. The van der Waals surface area contributed by atoms with Crippen molar-refractivity contribution in [3.63, 3.8) is 0 Å². The van der Waals surface area contributed by atoms with E-state index in [9.17, 15) is 14.4 Å². The van der Waals surface area contributed by atoms with E-state index >= 15 is 0 Å². The van der Waals surface area contributed by atoms with E-state index in [1.165, 1.54) is 25.1 Å². The molecule has 0 atom stereocenters. The van der Waals surface area contributed by atoms with Gasteiger partial charge < -0.3 is 25.7 Å². The van der Waals surface area contributed by atoms with Gasteiger partial charge >= 0.3 is 11.9 Å². The van der Waals surface area contributed by atoms with Crippen LogP contribution in [0, 0.1) is 0 Å². The van der Waals surface area contributed by atoms with Crippen LogP contribution in [0.25, 0.3) is 0 Å². The predicted octanol–water partition coefficient (Wildman–Crippen LogP) is 2.14. The van der Waals surface area contributed by atoms with Crippen LogP contribution in [-0.4, -0.2) is 38.3 Å². The number of amides is 1. The van der Waals surface area contributed by atoms with Gasteiger partial charge in [-0.05, 0) is 42.5 Å². The fraction of sp³-hybridized carbons (Fsp3) is 0.0625. The van der Waals surface area contributed by atoms with Crippen LogP contribution in [0.1, 0.15) is 27.6 Å². The number of hydrogen-bond donors (Lipinski definition) is 5. The second-order valence-corrected chi connectivity index (χ2v) is 4.57. The summed E-state index contributed by atoms with van der Waals surface area (Å²) in [6.45, 7) is 1.39. The van der Waals surface area contributed by atoms with Crippen LogP contribution < -0.4 is 5.32 Å². The van der Waals surface area contributed by atoms with Crippen molar-refractivity contribution in [1.82, 2.24) is 0 Å². The number of anilines is 1. The highest BCUT2D eigenvalue weighted by molar-refractivity contribution is 5.91. The Morgan fingerprint density at radius 1 is 0.875 bits per heavy atom. The van der Waals surface area contributed by atoms with E-state index in [0.29, 0.717) is 5.69 Å². The lowest BCUT2D eigenvalue weighted by Crippen LogP contribution is -2.05.